The van der Waals surface area contributed by atoms with E-state index in [1.54, 1.807) is 0 Å². The van der Waals surface area contributed by atoms with Crippen LogP contribution in [0.3, 0.4) is 0 Å². The lowest BCUT2D eigenvalue weighted by atomic mass is 10.3. The van der Waals surface area contributed by atoms with Gasteiger partial charge in [-0.15, -0.1) is 11.6 Å². The zero-order valence-corrected chi connectivity index (χ0v) is 10.5. The summed E-state index contributed by atoms with van der Waals surface area (Å²) in [5.74, 6) is 1.34. The summed E-state index contributed by atoms with van der Waals surface area (Å²) in [6.07, 6.45) is 5.51. The molecule has 86 valence electrons. The van der Waals surface area contributed by atoms with Crippen molar-refractivity contribution in [2.45, 2.75) is 45.4 Å². The second-order valence-corrected chi connectivity index (χ2v) is 6.29. The standard InChI is InChI=1S/C10H21ClO2S/c1-2-3-6-9-14(12,13)10-7-4-5-8-11/h2-10H2,1H3. The van der Waals surface area contributed by atoms with Crippen LogP contribution in [0.25, 0.3) is 0 Å². The Morgan fingerprint density at radius 2 is 1.50 bits per heavy atom. The topological polar surface area (TPSA) is 34.1 Å². The van der Waals surface area contributed by atoms with Crippen LogP contribution in [-0.4, -0.2) is 25.8 Å². The van der Waals surface area contributed by atoms with E-state index in [2.05, 4.69) is 6.92 Å². The van der Waals surface area contributed by atoms with E-state index in [1.165, 1.54) is 0 Å². The van der Waals surface area contributed by atoms with Crippen molar-refractivity contribution >= 4 is 21.4 Å². The van der Waals surface area contributed by atoms with Crippen LogP contribution in [-0.2, 0) is 9.84 Å². The quantitative estimate of drug-likeness (QED) is 0.459. The molecule has 0 unspecified atom stereocenters. The van der Waals surface area contributed by atoms with E-state index in [-0.39, 0.29) is 0 Å². The van der Waals surface area contributed by atoms with Gasteiger partial charge in [0.05, 0.1) is 11.5 Å². The van der Waals surface area contributed by atoms with E-state index in [4.69, 9.17) is 11.6 Å². The molecule has 0 atom stereocenters. The van der Waals surface area contributed by atoms with Gasteiger partial charge < -0.3 is 0 Å². The molecule has 0 aromatic carbocycles. The third-order valence-electron chi connectivity index (χ3n) is 2.15. The molecular formula is C10H21ClO2S. The van der Waals surface area contributed by atoms with Crippen LogP contribution in [0.5, 0.6) is 0 Å². The Balaban J connectivity index is 3.52. The molecule has 0 radical (unpaired) electrons. The Bertz CT molecular complexity index is 212. The highest BCUT2D eigenvalue weighted by Gasteiger charge is 2.08. The van der Waals surface area contributed by atoms with Crippen LogP contribution >= 0.6 is 11.6 Å². The number of unbranched alkanes of at least 4 members (excludes halogenated alkanes) is 4. The molecule has 0 fully saturated rings. The lowest BCUT2D eigenvalue weighted by molar-refractivity contribution is 0.586. The first-order chi connectivity index (χ1) is 6.62. The maximum absolute atomic E-state index is 11.4. The maximum atomic E-state index is 11.4. The van der Waals surface area contributed by atoms with Crippen molar-refractivity contribution in [2.24, 2.45) is 0 Å². The van der Waals surface area contributed by atoms with Gasteiger partial charge in [-0.2, -0.15) is 0 Å². The number of sulfone groups is 1. The smallest absolute Gasteiger partial charge is 0.150 e. The van der Waals surface area contributed by atoms with Crippen molar-refractivity contribution in [2.75, 3.05) is 17.4 Å². The van der Waals surface area contributed by atoms with Crippen molar-refractivity contribution in [3.63, 3.8) is 0 Å². The van der Waals surface area contributed by atoms with Crippen LogP contribution < -0.4 is 0 Å². The average Bonchev–Trinajstić information content (AvgIpc) is 2.13. The minimum Gasteiger partial charge on any atom is -0.229 e. The summed E-state index contributed by atoms with van der Waals surface area (Å²) >= 11 is 5.50. The number of hydrogen-bond acceptors (Lipinski definition) is 2. The van der Waals surface area contributed by atoms with E-state index >= 15 is 0 Å². The SMILES string of the molecule is CCCCCS(=O)(=O)CCCCCCl. The third kappa shape index (κ3) is 8.82. The molecule has 0 aliphatic rings. The van der Waals surface area contributed by atoms with Gasteiger partial charge in [-0.05, 0) is 19.3 Å². The van der Waals surface area contributed by atoms with Crippen molar-refractivity contribution in [3.8, 4) is 0 Å². The van der Waals surface area contributed by atoms with Crippen molar-refractivity contribution in [1.82, 2.24) is 0 Å². The second kappa shape index (κ2) is 8.54. The van der Waals surface area contributed by atoms with Crippen LogP contribution in [0.2, 0.25) is 0 Å². The molecule has 0 aromatic heterocycles. The van der Waals surface area contributed by atoms with E-state index in [0.29, 0.717) is 17.4 Å². The Morgan fingerprint density at radius 1 is 0.929 bits per heavy atom. The van der Waals surface area contributed by atoms with E-state index < -0.39 is 9.84 Å². The predicted octanol–water partition coefficient (Wildman–Crippen LogP) is 3.00. The second-order valence-electron chi connectivity index (χ2n) is 3.61. The molecule has 0 aliphatic carbocycles. The molecule has 4 heteroatoms. The Labute approximate surface area is 93.0 Å². The maximum Gasteiger partial charge on any atom is 0.150 e. The highest BCUT2D eigenvalue weighted by Crippen LogP contribution is 2.05. The molecule has 0 rings (SSSR count). The van der Waals surface area contributed by atoms with Gasteiger partial charge in [0.1, 0.15) is 9.84 Å². The molecule has 0 bridgehead atoms. The Morgan fingerprint density at radius 3 is 2.00 bits per heavy atom. The molecule has 2 nitrogen and oxygen atoms in total. The van der Waals surface area contributed by atoms with Gasteiger partial charge in [0.15, 0.2) is 0 Å². The fourth-order valence-electron chi connectivity index (χ4n) is 1.27. The van der Waals surface area contributed by atoms with Crippen molar-refractivity contribution in [1.29, 1.82) is 0 Å². The molecule has 0 saturated heterocycles. The highest BCUT2D eigenvalue weighted by molar-refractivity contribution is 7.91. The summed E-state index contributed by atoms with van der Waals surface area (Å²) in [4.78, 5) is 0. The minimum absolute atomic E-state index is 0.341. The summed E-state index contributed by atoms with van der Waals surface area (Å²) in [5, 5.41) is 0. The number of hydrogen-bond donors (Lipinski definition) is 0. The first kappa shape index (κ1) is 14.2. The molecule has 0 N–H and O–H groups in total. The van der Waals surface area contributed by atoms with Crippen LogP contribution in [0.4, 0.5) is 0 Å². The Kier molecular flexibility index (Phi) is 8.69. The molecular weight excluding hydrogens is 220 g/mol. The van der Waals surface area contributed by atoms with Gasteiger partial charge in [-0.1, -0.05) is 26.2 Å². The lowest BCUT2D eigenvalue weighted by Gasteiger charge is -2.02. The van der Waals surface area contributed by atoms with Gasteiger partial charge in [-0.25, -0.2) is 8.42 Å². The normalized spacial score (nSPS) is 11.9. The van der Waals surface area contributed by atoms with E-state index in [9.17, 15) is 8.42 Å². The lowest BCUT2D eigenvalue weighted by Crippen LogP contribution is -2.11. The van der Waals surface area contributed by atoms with Gasteiger partial charge >= 0.3 is 0 Å². The van der Waals surface area contributed by atoms with Crippen LogP contribution in [0, 0.1) is 0 Å². The summed E-state index contributed by atoms with van der Waals surface area (Å²) in [5.41, 5.74) is 0. The Hall–Kier alpha value is 0.240. The summed E-state index contributed by atoms with van der Waals surface area (Å²) in [7, 11) is -2.78. The summed E-state index contributed by atoms with van der Waals surface area (Å²) in [6, 6.07) is 0. The van der Waals surface area contributed by atoms with Crippen molar-refractivity contribution in [3.05, 3.63) is 0 Å². The first-order valence-corrected chi connectivity index (χ1v) is 7.74. The third-order valence-corrected chi connectivity index (χ3v) is 4.24. The van der Waals surface area contributed by atoms with Gasteiger partial charge in [0.25, 0.3) is 0 Å². The molecule has 0 aromatic rings. The van der Waals surface area contributed by atoms with Crippen LogP contribution in [0.1, 0.15) is 45.4 Å². The summed E-state index contributed by atoms with van der Waals surface area (Å²) < 4.78 is 22.9. The van der Waals surface area contributed by atoms with Gasteiger partial charge in [0, 0.05) is 5.88 Å². The number of halogens is 1. The molecule has 0 saturated carbocycles. The highest BCUT2D eigenvalue weighted by atomic mass is 35.5. The predicted molar refractivity (Wildman–Crippen MR) is 62.7 cm³/mol. The summed E-state index contributed by atoms with van der Waals surface area (Å²) in [6.45, 7) is 2.08. The fourth-order valence-corrected chi connectivity index (χ4v) is 2.95. The van der Waals surface area contributed by atoms with Crippen LogP contribution in [0.15, 0.2) is 0 Å². The number of alkyl halides is 1. The zero-order valence-electron chi connectivity index (χ0n) is 8.97. The molecule has 0 aliphatic heterocycles. The largest absolute Gasteiger partial charge is 0.229 e. The molecule has 0 heterocycles. The molecule has 14 heavy (non-hydrogen) atoms. The number of rotatable bonds is 9. The van der Waals surface area contributed by atoms with E-state index in [0.717, 1.165) is 38.5 Å². The van der Waals surface area contributed by atoms with Gasteiger partial charge in [0.2, 0.25) is 0 Å². The monoisotopic (exact) mass is 240 g/mol. The minimum atomic E-state index is -2.78. The first-order valence-electron chi connectivity index (χ1n) is 5.39. The van der Waals surface area contributed by atoms with Crippen molar-refractivity contribution < 1.29 is 8.42 Å². The molecule has 0 spiro atoms. The van der Waals surface area contributed by atoms with E-state index in [1.807, 2.05) is 0 Å². The van der Waals surface area contributed by atoms with Gasteiger partial charge in [-0.3, -0.25) is 0 Å². The fraction of sp³-hybridized carbons (Fsp3) is 1.00. The zero-order chi connectivity index (χ0) is 10.9. The average molecular weight is 241 g/mol. The molecule has 0 amide bonds.